The Morgan fingerprint density at radius 1 is 0.923 bits per heavy atom. The fourth-order valence-electron chi connectivity index (χ4n) is 2.36. The van der Waals surface area contributed by atoms with Crippen LogP contribution in [0.4, 0.5) is 0 Å². The van der Waals surface area contributed by atoms with Gasteiger partial charge in [0, 0.05) is 13.1 Å². The molecular weight excluding hydrogens is 170 g/mol. The van der Waals surface area contributed by atoms with Gasteiger partial charge in [-0.1, -0.05) is 0 Å². The van der Waals surface area contributed by atoms with Crippen molar-refractivity contribution in [3.8, 4) is 0 Å². The van der Waals surface area contributed by atoms with E-state index in [-0.39, 0.29) is 11.8 Å². The normalized spacial score (nSPS) is 47.1. The van der Waals surface area contributed by atoms with Gasteiger partial charge in [-0.25, -0.2) is 0 Å². The van der Waals surface area contributed by atoms with Crippen LogP contribution in [0.1, 0.15) is 12.8 Å². The largest absolute Gasteiger partial charge is 0.352 e. The molecular formula is C8H11N3O2. The maximum Gasteiger partial charge on any atom is 0.242 e. The maximum atomic E-state index is 11.3. The van der Waals surface area contributed by atoms with Gasteiger partial charge in [0.2, 0.25) is 11.8 Å². The van der Waals surface area contributed by atoms with E-state index in [2.05, 4.69) is 16.0 Å². The lowest BCUT2D eigenvalue weighted by Crippen LogP contribution is -2.78. The maximum absolute atomic E-state index is 11.3. The van der Waals surface area contributed by atoms with E-state index >= 15 is 0 Å². The Kier molecular flexibility index (Phi) is 1.05. The molecule has 3 N–H and O–H groups in total. The van der Waals surface area contributed by atoms with Gasteiger partial charge in [-0.15, -0.1) is 0 Å². The molecule has 2 amide bonds. The van der Waals surface area contributed by atoms with Crippen LogP contribution in [0.2, 0.25) is 0 Å². The molecule has 0 aromatic carbocycles. The highest BCUT2D eigenvalue weighted by Crippen LogP contribution is 2.36. The van der Waals surface area contributed by atoms with Crippen molar-refractivity contribution in [2.24, 2.45) is 0 Å². The van der Waals surface area contributed by atoms with Gasteiger partial charge in [0.25, 0.3) is 0 Å². The first-order chi connectivity index (χ1) is 6.17. The second-order valence-electron chi connectivity index (χ2n) is 4.15. The Balaban J connectivity index is 1.85. The highest BCUT2D eigenvalue weighted by molar-refractivity contribution is 5.98. The van der Waals surface area contributed by atoms with Crippen molar-refractivity contribution in [1.82, 2.24) is 16.0 Å². The molecule has 5 nitrogen and oxygen atoms in total. The summed E-state index contributed by atoms with van der Waals surface area (Å²) in [5, 5.41) is 8.61. The molecule has 2 unspecified atom stereocenters. The average Bonchev–Trinajstić information content (AvgIpc) is 2.58. The van der Waals surface area contributed by atoms with Crippen LogP contribution in [-0.2, 0) is 9.59 Å². The molecule has 0 bridgehead atoms. The van der Waals surface area contributed by atoms with Gasteiger partial charge in [0.15, 0.2) is 0 Å². The molecule has 3 saturated heterocycles. The lowest BCUT2D eigenvalue weighted by Gasteiger charge is -2.43. The van der Waals surface area contributed by atoms with E-state index in [1.165, 1.54) is 0 Å². The van der Waals surface area contributed by atoms with E-state index in [0.29, 0.717) is 13.1 Å². The molecule has 2 atom stereocenters. The SMILES string of the molecule is O=C1NCC12CCC1(CNC1=O)N2. The molecule has 2 spiro atoms. The second kappa shape index (κ2) is 1.87. The third-order valence-electron chi connectivity index (χ3n) is 3.43. The molecule has 0 aliphatic carbocycles. The number of nitrogens with one attached hydrogen (secondary N) is 3. The smallest absolute Gasteiger partial charge is 0.242 e. The molecule has 3 aliphatic heterocycles. The first-order valence-corrected chi connectivity index (χ1v) is 4.53. The monoisotopic (exact) mass is 181 g/mol. The number of carbonyl (C=O) groups is 2. The third kappa shape index (κ3) is 0.670. The van der Waals surface area contributed by atoms with E-state index in [9.17, 15) is 9.59 Å². The van der Waals surface area contributed by atoms with Crippen LogP contribution in [-0.4, -0.2) is 36.0 Å². The average molecular weight is 181 g/mol. The van der Waals surface area contributed by atoms with E-state index in [1.54, 1.807) is 0 Å². The predicted octanol–water partition coefficient (Wildman–Crippen LogP) is -1.89. The highest BCUT2D eigenvalue weighted by Gasteiger charge is 2.61. The Morgan fingerprint density at radius 3 is 1.54 bits per heavy atom. The molecule has 70 valence electrons. The number of hydrogen-bond donors (Lipinski definition) is 3. The molecule has 3 rings (SSSR count). The first kappa shape index (κ1) is 7.32. The Morgan fingerprint density at radius 2 is 1.38 bits per heavy atom. The minimum atomic E-state index is -0.419. The lowest BCUT2D eigenvalue weighted by atomic mass is 9.88. The zero-order valence-corrected chi connectivity index (χ0v) is 7.14. The summed E-state index contributed by atoms with van der Waals surface area (Å²) in [4.78, 5) is 22.6. The third-order valence-corrected chi connectivity index (χ3v) is 3.43. The van der Waals surface area contributed by atoms with Crippen molar-refractivity contribution in [2.45, 2.75) is 23.9 Å². The fraction of sp³-hybridized carbons (Fsp3) is 0.750. The van der Waals surface area contributed by atoms with Crippen LogP contribution >= 0.6 is 0 Å². The predicted molar refractivity (Wildman–Crippen MR) is 43.9 cm³/mol. The minimum Gasteiger partial charge on any atom is -0.352 e. The Bertz CT molecular complexity index is 287. The van der Waals surface area contributed by atoms with Crippen LogP contribution < -0.4 is 16.0 Å². The second-order valence-corrected chi connectivity index (χ2v) is 4.15. The molecule has 13 heavy (non-hydrogen) atoms. The lowest BCUT2D eigenvalue weighted by molar-refractivity contribution is -0.138. The van der Waals surface area contributed by atoms with E-state index < -0.39 is 11.1 Å². The molecule has 0 saturated carbocycles. The Hall–Kier alpha value is -1.10. The molecule has 0 aromatic heterocycles. The molecule has 5 heteroatoms. The summed E-state index contributed by atoms with van der Waals surface area (Å²) in [6, 6.07) is 0. The Labute approximate surface area is 75.2 Å². The van der Waals surface area contributed by atoms with Gasteiger partial charge in [-0.05, 0) is 12.8 Å². The first-order valence-electron chi connectivity index (χ1n) is 4.53. The van der Waals surface area contributed by atoms with Crippen molar-refractivity contribution < 1.29 is 9.59 Å². The summed E-state index contributed by atoms with van der Waals surface area (Å²) >= 11 is 0. The van der Waals surface area contributed by atoms with Crippen LogP contribution in [0.5, 0.6) is 0 Å². The van der Waals surface area contributed by atoms with Crippen LogP contribution in [0.15, 0.2) is 0 Å². The van der Waals surface area contributed by atoms with Gasteiger partial charge in [0.1, 0.15) is 11.1 Å². The van der Waals surface area contributed by atoms with Crippen molar-refractivity contribution in [2.75, 3.05) is 13.1 Å². The summed E-state index contributed by atoms with van der Waals surface area (Å²) in [5.41, 5.74) is -0.838. The van der Waals surface area contributed by atoms with Crippen molar-refractivity contribution in [3.63, 3.8) is 0 Å². The number of rotatable bonds is 0. The number of β-lactam (4-membered cyclic amide) rings is 2. The van der Waals surface area contributed by atoms with Gasteiger partial charge in [-0.3, -0.25) is 14.9 Å². The van der Waals surface area contributed by atoms with Crippen LogP contribution in [0, 0.1) is 0 Å². The fourth-order valence-corrected chi connectivity index (χ4v) is 2.36. The number of carbonyl (C=O) groups excluding carboxylic acids is 2. The van der Waals surface area contributed by atoms with Gasteiger partial charge >= 0.3 is 0 Å². The quantitative estimate of drug-likeness (QED) is 0.383. The summed E-state index contributed by atoms with van der Waals surface area (Å²) in [6.07, 6.45) is 1.57. The van der Waals surface area contributed by atoms with E-state index in [4.69, 9.17) is 0 Å². The van der Waals surface area contributed by atoms with E-state index in [0.717, 1.165) is 12.8 Å². The van der Waals surface area contributed by atoms with Crippen LogP contribution in [0.25, 0.3) is 0 Å². The van der Waals surface area contributed by atoms with Gasteiger partial charge < -0.3 is 10.6 Å². The molecule has 0 radical (unpaired) electrons. The summed E-state index contributed by atoms with van der Waals surface area (Å²) in [7, 11) is 0. The van der Waals surface area contributed by atoms with Gasteiger partial charge in [-0.2, -0.15) is 0 Å². The number of amides is 2. The summed E-state index contributed by atoms with van der Waals surface area (Å²) < 4.78 is 0. The molecule has 3 heterocycles. The van der Waals surface area contributed by atoms with Crippen molar-refractivity contribution in [3.05, 3.63) is 0 Å². The topological polar surface area (TPSA) is 70.2 Å². The van der Waals surface area contributed by atoms with Gasteiger partial charge in [0.05, 0.1) is 0 Å². The number of hydrogen-bond acceptors (Lipinski definition) is 3. The molecule has 3 aliphatic rings. The summed E-state index contributed by atoms with van der Waals surface area (Å²) in [6.45, 7) is 1.34. The zero-order chi connectivity index (χ0) is 9.10. The molecule has 3 fully saturated rings. The van der Waals surface area contributed by atoms with Crippen molar-refractivity contribution >= 4 is 11.8 Å². The standard InChI is InChI=1S/C8H11N3O2/c12-5-7(3-9-5)1-2-8(11-7)4-10-6(8)13/h11H,1-4H2,(H,9,12)(H,10,13). The van der Waals surface area contributed by atoms with Crippen LogP contribution in [0.3, 0.4) is 0 Å². The van der Waals surface area contributed by atoms with E-state index in [1.807, 2.05) is 0 Å². The zero-order valence-electron chi connectivity index (χ0n) is 7.14. The highest BCUT2D eigenvalue weighted by atomic mass is 16.2. The molecule has 0 aromatic rings. The summed E-state index contributed by atoms with van der Waals surface area (Å²) in [5.74, 6) is 0.0909. The van der Waals surface area contributed by atoms with Crippen molar-refractivity contribution in [1.29, 1.82) is 0 Å². The minimum absolute atomic E-state index is 0.0454.